The number of carbonyl (C=O) groups excluding carboxylic acids is 1. The number of likely N-dealkylation sites (tertiary alicyclic amines) is 1. The molecule has 190 valence electrons. The zero-order valence-corrected chi connectivity index (χ0v) is 18.8. The molecule has 2 N–H and O–H groups in total. The summed E-state index contributed by atoms with van der Waals surface area (Å²) >= 11 is 0. The Morgan fingerprint density at radius 3 is 2.00 bits per heavy atom. The fourth-order valence-corrected chi connectivity index (χ4v) is 4.69. The van der Waals surface area contributed by atoms with Gasteiger partial charge in [0, 0.05) is 36.2 Å². The van der Waals surface area contributed by atoms with E-state index in [4.69, 9.17) is 0 Å². The molecule has 5 nitrogen and oxygen atoms in total. The maximum Gasteiger partial charge on any atom is 0.416 e. The average Bonchev–Trinajstić information content (AvgIpc) is 3.33. The third-order valence-electron chi connectivity index (χ3n) is 6.44. The number of carbonyl (C=O) groups is 1. The lowest BCUT2D eigenvalue weighted by molar-refractivity contribution is -0.138. The van der Waals surface area contributed by atoms with Gasteiger partial charge in [-0.1, -0.05) is 6.07 Å². The van der Waals surface area contributed by atoms with Crippen LogP contribution in [0.5, 0.6) is 0 Å². The molecular formula is C24H26F6N4O. The first-order valence-corrected chi connectivity index (χ1v) is 11.5. The number of hydrogen-bond acceptors (Lipinski definition) is 3. The van der Waals surface area contributed by atoms with Crippen LogP contribution in [-0.2, 0) is 12.4 Å². The molecule has 2 aromatic carbocycles. The van der Waals surface area contributed by atoms with Gasteiger partial charge >= 0.3 is 18.4 Å². The van der Waals surface area contributed by atoms with Crippen molar-refractivity contribution >= 4 is 23.1 Å². The number of halogens is 6. The van der Waals surface area contributed by atoms with Crippen LogP contribution in [0.15, 0.2) is 42.5 Å². The minimum absolute atomic E-state index is 0.0963. The zero-order valence-electron chi connectivity index (χ0n) is 18.8. The third kappa shape index (κ3) is 6.39. The van der Waals surface area contributed by atoms with E-state index in [-0.39, 0.29) is 11.4 Å². The van der Waals surface area contributed by atoms with Gasteiger partial charge in [0.05, 0.1) is 11.1 Å². The van der Waals surface area contributed by atoms with Gasteiger partial charge in [-0.25, -0.2) is 4.79 Å². The standard InChI is InChI=1S/C24H26F6N4O/c25-23(26,27)16-4-3-5-18(12-16)31-22(35)32-19-13-17(24(28,29)30)14-21(15-19)34-10-6-20(7-11-34)33-8-1-2-9-33/h3-5,12-15,20H,1-2,6-11H2,(H2,31,32,35). The summed E-state index contributed by atoms with van der Waals surface area (Å²) < 4.78 is 79.4. The molecule has 0 spiro atoms. The molecule has 0 aromatic heterocycles. The maximum atomic E-state index is 13.6. The van der Waals surface area contributed by atoms with Gasteiger partial charge in [-0.2, -0.15) is 26.3 Å². The van der Waals surface area contributed by atoms with Gasteiger partial charge in [-0.15, -0.1) is 0 Å². The van der Waals surface area contributed by atoms with Crippen LogP contribution in [0.4, 0.5) is 48.2 Å². The Hall–Kier alpha value is -2.95. The number of alkyl halides is 6. The van der Waals surface area contributed by atoms with Crippen LogP contribution in [0.25, 0.3) is 0 Å². The van der Waals surface area contributed by atoms with E-state index >= 15 is 0 Å². The van der Waals surface area contributed by atoms with Gasteiger partial charge in [-0.05, 0) is 75.2 Å². The number of anilines is 3. The molecule has 2 aliphatic heterocycles. The SMILES string of the molecule is O=C(Nc1cccc(C(F)(F)F)c1)Nc1cc(N2CCC(N3CCCC3)CC2)cc(C(F)(F)F)c1. The quantitative estimate of drug-likeness (QED) is 0.476. The number of amides is 2. The highest BCUT2D eigenvalue weighted by Gasteiger charge is 2.33. The highest BCUT2D eigenvalue weighted by Crippen LogP contribution is 2.36. The molecule has 2 aliphatic rings. The van der Waals surface area contributed by atoms with Crippen LogP contribution in [0.3, 0.4) is 0 Å². The van der Waals surface area contributed by atoms with Crippen molar-refractivity contribution in [3.8, 4) is 0 Å². The van der Waals surface area contributed by atoms with Crippen molar-refractivity contribution in [2.45, 2.75) is 44.1 Å². The Balaban J connectivity index is 1.48. The number of nitrogens with zero attached hydrogens (tertiary/aromatic N) is 2. The van der Waals surface area contributed by atoms with E-state index in [0.717, 1.165) is 56.3 Å². The Bertz CT molecular complexity index is 1040. The molecule has 4 rings (SSSR count). The molecule has 2 saturated heterocycles. The smallest absolute Gasteiger partial charge is 0.371 e. The number of piperidine rings is 1. The van der Waals surface area contributed by atoms with Gasteiger partial charge in [-0.3, -0.25) is 0 Å². The summed E-state index contributed by atoms with van der Waals surface area (Å²) in [6.07, 6.45) is -5.19. The second-order valence-electron chi connectivity index (χ2n) is 8.89. The van der Waals surface area contributed by atoms with Crippen LogP contribution in [0.1, 0.15) is 36.8 Å². The van der Waals surface area contributed by atoms with Crippen molar-refractivity contribution in [2.24, 2.45) is 0 Å². The van der Waals surface area contributed by atoms with E-state index in [0.29, 0.717) is 24.8 Å². The predicted molar refractivity (Wildman–Crippen MR) is 122 cm³/mol. The van der Waals surface area contributed by atoms with E-state index in [1.807, 2.05) is 4.90 Å². The average molecular weight is 500 g/mol. The van der Waals surface area contributed by atoms with Crippen molar-refractivity contribution in [1.29, 1.82) is 0 Å². The van der Waals surface area contributed by atoms with Crippen molar-refractivity contribution in [3.05, 3.63) is 53.6 Å². The Labute approximate surface area is 199 Å². The van der Waals surface area contributed by atoms with E-state index in [2.05, 4.69) is 15.5 Å². The highest BCUT2D eigenvalue weighted by molar-refractivity contribution is 6.00. The Morgan fingerprint density at radius 2 is 1.37 bits per heavy atom. The van der Waals surface area contributed by atoms with E-state index in [9.17, 15) is 31.1 Å². The summed E-state index contributed by atoms with van der Waals surface area (Å²) in [7, 11) is 0. The second-order valence-corrected chi connectivity index (χ2v) is 8.89. The third-order valence-corrected chi connectivity index (χ3v) is 6.44. The van der Waals surface area contributed by atoms with Crippen LogP contribution in [0, 0.1) is 0 Å². The van der Waals surface area contributed by atoms with Crippen molar-refractivity contribution in [3.63, 3.8) is 0 Å². The minimum Gasteiger partial charge on any atom is -0.371 e. The molecule has 0 bridgehead atoms. The number of benzene rings is 2. The Morgan fingerprint density at radius 1 is 0.771 bits per heavy atom. The molecule has 0 saturated carbocycles. The molecular weight excluding hydrogens is 474 g/mol. The highest BCUT2D eigenvalue weighted by atomic mass is 19.4. The number of rotatable bonds is 4. The molecule has 0 unspecified atom stereocenters. The van der Waals surface area contributed by atoms with Crippen LogP contribution in [0.2, 0.25) is 0 Å². The monoisotopic (exact) mass is 500 g/mol. The first kappa shape index (κ1) is 25.2. The predicted octanol–water partition coefficient (Wildman–Crippen LogP) is 6.43. The van der Waals surface area contributed by atoms with Gasteiger partial charge in [0.15, 0.2) is 0 Å². The van der Waals surface area contributed by atoms with Gasteiger partial charge < -0.3 is 20.4 Å². The summed E-state index contributed by atoms with van der Waals surface area (Å²) in [5.41, 5.74) is -1.75. The van der Waals surface area contributed by atoms with Crippen molar-refractivity contribution < 1.29 is 31.1 Å². The van der Waals surface area contributed by atoms with Gasteiger partial charge in [0.2, 0.25) is 0 Å². The molecule has 0 radical (unpaired) electrons. The van der Waals surface area contributed by atoms with Crippen LogP contribution < -0.4 is 15.5 Å². The molecule has 2 aromatic rings. The number of nitrogens with one attached hydrogen (secondary N) is 2. The molecule has 2 fully saturated rings. The second kappa shape index (κ2) is 9.96. The number of hydrogen-bond donors (Lipinski definition) is 2. The lowest BCUT2D eigenvalue weighted by Gasteiger charge is -2.38. The van der Waals surface area contributed by atoms with Gasteiger partial charge in [0.1, 0.15) is 0 Å². The van der Waals surface area contributed by atoms with E-state index in [1.165, 1.54) is 25.0 Å². The fraction of sp³-hybridized carbons (Fsp3) is 0.458. The number of urea groups is 1. The molecule has 35 heavy (non-hydrogen) atoms. The summed E-state index contributed by atoms with van der Waals surface area (Å²) in [6.45, 7) is 3.31. The summed E-state index contributed by atoms with van der Waals surface area (Å²) in [4.78, 5) is 16.7. The summed E-state index contributed by atoms with van der Waals surface area (Å²) in [5, 5.41) is 4.57. The summed E-state index contributed by atoms with van der Waals surface area (Å²) in [6, 6.07) is 6.81. The normalized spacial score (nSPS) is 18.1. The molecule has 2 heterocycles. The molecule has 11 heteroatoms. The van der Waals surface area contributed by atoms with Crippen LogP contribution >= 0.6 is 0 Å². The first-order valence-electron chi connectivity index (χ1n) is 11.5. The van der Waals surface area contributed by atoms with Crippen molar-refractivity contribution in [2.75, 3.05) is 41.7 Å². The molecule has 0 aliphatic carbocycles. The fourth-order valence-electron chi connectivity index (χ4n) is 4.69. The lowest BCUT2D eigenvalue weighted by Crippen LogP contribution is -2.43. The first-order chi connectivity index (χ1) is 16.5. The molecule has 0 atom stereocenters. The van der Waals surface area contributed by atoms with Gasteiger partial charge in [0.25, 0.3) is 0 Å². The van der Waals surface area contributed by atoms with Crippen LogP contribution in [-0.4, -0.2) is 43.2 Å². The van der Waals surface area contributed by atoms with E-state index in [1.54, 1.807) is 0 Å². The lowest BCUT2D eigenvalue weighted by atomic mass is 10.0. The Kier molecular flexibility index (Phi) is 7.16. The van der Waals surface area contributed by atoms with Crippen molar-refractivity contribution in [1.82, 2.24) is 4.90 Å². The zero-order chi connectivity index (χ0) is 25.2. The maximum absolute atomic E-state index is 13.6. The summed E-state index contributed by atoms with van der Waals surface area (Å²) in [5.74, 6) is 0. The topological polar surface area (TPSA) is 47.6 Å². The minimum atomic E-state index is -4.63. The molecule has 2 amide bonds. The largest absolute Gasteiger partial charge is 0.416 e. The van der Waals surface area contributed by atoms with E-state index < -0.39 is 29.5 Å².